The van der Waals surface area contributed by atoms with Crippen molar-refractivity contribution in [1.29, 1.82) is 0 Å². The average molecular weight is 240 g/mol. The van der Waals surface area contributed by atoms with Crippen LogP contribution in [0, 0.1) is 0 Å². The molecule has 0 saturated carbocycles. The highest BCUT2D eigenvalue weighted by atomic mass is 32.2. The van der Waals surface area contributed by atoms with Crippen molar-refractivity contribution in [3.8, 4) is 5.75 Å². The topological polar surface area (TPSA) is 63.6 Å². The Hall–Kier alpha value is -1.49. The molecule has 0 saturated heterocycles. The van der Waals surface area contributed by atoms with E-state index in [2.05, 4.69) is 4.74 Å². The van der Waals surface area contributed by atoms with E-state index < -0.39 is 11.8 Å². The molecule has 0 radical (unpaired) electrons. The summed E-state index contributed by atoms with van der Waals surface area (Å²) in [5.74, 6) is -1.65. The number of rotatable bonds is 4. The number of ether oxygens (including phenoxy) is 1. The number of benzene rings is 1. The second-order valence-corrected chi connectivity index (χ2v) is 3.72. The lowest BCUT2D eigenvalue weighted by atomic mass is 10.1. The fourth-order valence-corrected chi connectivity index (χ4v) is 1.88. The van der Waals surface area contributed by atoms with Crippen LogP contribution in [-0.2, 0) is 9.53 Å². The number of aromatic hydroxyl groups is 1. The van der Waals surface area contributed by atoms with Gasteiger partial charge < -0.3 is 9.84 Å². The molecule has 0 atom stereocenters. The molecule has 16 heavy (non-hydrogen) atoms. The monoisotopic (exact) mass is 240 g/mol. The van der Waals surface area contributed by atoms with Gasteiger partial charge in [0, 0.05) is 5.56 Å². The average Bonchev–Trinajstić information content (AvgIpc) is 2.28. The van der Waals surface area contributed by atoms with Gasteiger partial charge in [0.25, 0.3) is 5.78 Å². The summed E-state index contributed by atoms with van der Waals surface area (Å²) in [6, 6.07) is 4.47. The van der Waals surface area contributed by atoms with Crippen molar-refractivity contribution >= 4 is 23.5 Å². The van der Waals surface area contributed by atoms with Crippen molar-refractivity contribution in [3.05, 3.63) is 23.8 Å². The quantitative estimate of drug-likeness (QED) is 0.376. The van der Waals surface area contributed by atoms with Gasteiger partial charge in [-0.2, -0.15) is 0 Å². The zero-order valence-corrected chi connectivity index (χ0v) is 9.84. The van der Waals surface area contributed by atoms with Crippen LogP contribution in [0.3, 0.4) is 0 Å². The first-order valence-electron chi connectivity index (χ1n) is 4.69. The maximum Gasteiger partial charge on any atom is 0.379 e. The van der Waals surface area contributed by atoms with Crippen LogP contribution >= 0.6 is 11.8 Å². The minimum atomic E-state index is -0.900. The smallest absolute Gasteiger partial charge is 0.379 e. The van der Waals surface area contributed by atoms with Crippen LogP contribution in [0.15, 0.2) is 23.1 Å². The molecule has 0 aliphatic rings. The molecule has 4 nitrogen and oxygen atoms in total. The maximum atomic E-state index is 11.7. The molecule has 0 aliphatic carbocycles. The first-order chi connectivity index (χ1) is 7.61. The molecular weight excluding hydrogens is 228 g/mol. The number of phenolic OH excluding ortho intramolecular Hbond substituents is 1. The fraction of sp³-hybridized carbons (Fsp3) is 0.273. The van der Waals surface area contributed by atoms with E-state index in [4.69, 9.17) is 0 Å². The predicted octanol–water partition coefficient (Wildman–Crippen LogP) is 1.86. The Labute approximate surface area is 97.6 Å². The molecule has 0 aliphatic heterocycles. The molecule has 0 bridgehead atoms. The number of hydrogen-bond donors (Lipinski definition) is 1. The standard InChI is InChI=1S/C11H12O4S/c1-3-15-11(14)9(13)7-5-4-6-8(12)10(7)16-2/h4-6,12H,3H2,1-2H3. The maximum absolute atomic E-state index is 11.7. The molecule has 0 heterocycles. The van der Waals surface area contributed by atoms with Crippen LogP contribution in [0.1, 0.15) is 17.3 Å². The Morgan fingerprint density at radius 3 is 2.69 bits per heavy atom. The summed E-state index contributed by atoms with van der Waals surface area (Å²) in [6.07, 6.45) is 1.72. The van der Waals surface area contributed by atoms with Gasteiger partial charge in [0.05, 0.1) is 11.5 Å². The number of hydrogen-bond acceptors (Lipinski definition) is 5. The fourth-order valence-electron chi connectivity index (χ4n) is 1.22. The Balaban J connectivity index is 3.08. The molecule has 1 aromatic carbocycles. The molecular formula is C11H12O4S. The Bertz CT molecular complexity index is 414. The van der Waals surface area contributed by atoms with Crippen molar-refractivity contribution in [3.63, 3.8) is 0 Å². The molecule has 5 heteroatoms. The summed E-state index contributed by atoms with van der Waals surface area (Å²) in [4.78, 5) is 23.3. The van der Waals surface area contributed by atoms with E-state index in [0.717, 1.165) is 0 Å². The minimum absolute atomic E-state index is 0.0114. The summed E-state index contributed by atoms with van der Waals surface area (Å²) >= 11 is 1.21. The van der Waals surface area contributed by atoms with Gasteiger partial charge in [0.15, 0.2) is 0 Å². The molecule has 0 spiro atoms. The van der Waals surface area contributed by atoms with Crippen LogP contribution in [0.5, 0.6) is 5.75 Å². The molecule has 1 N–H and O–H groups in total. The van der Waals surface area contributed by atoms with Gasteiger partial charge in [-0.05, 0) is 25.3 Å². The lowest BCUT2D eigenvalue weighted by Crippen LogP contribution is -2.18. The Morgan fingerprint density at radius 2 is 2.12 bits per heavy atom. The molecule has 0 fully saturated rings. The van der Waals surface area contributed by atoms with Crippen LogP contribution in [-0.4, -0.2) is 29.7 Å². The Morgan fingerprint density at radius 1 is 1.44 bits per heavy atom. The van der Waals surface area contributed by atoms with Crippen molar-refractivity contribution in [2.75, 3.05) is 12.9 Å². The van der Waals surface area contributed by atoms with E-state index in [-0.39, 0.29) is 17.9 Å². The van der Waals surface area contributed by atoms with Crippen LogP contribution in [0.4, 0.5) is 0 Å². The number of thioether (sulfide) groups is 1. The van der Waals surface area contributed by atoms with Crippen LogP contribution in [0.25, 0.3) is 0 Å². The number of carbonyl (C=O) groups excluding carboxylic acids is 2. The summed E-state index contributed by atoms with van der Waals surface area (Å²) in [5, 5.41) is 9.53. The van der Waals surface area contributed by atoms with Crippen LogP contribution in [0.2, 0.25) is 0 Å². The third-order valence-electron chi connectivity index (χ3n) is 1.90. The first kappa shape index (κ1) is 12.6. The number of esters is 1. The zero-order chi connectivity index (χ0) is 12.1. The lowest BCUT2D eigenvalue weighted by Gasteiger charge is -2.07. The van der Waals surface area contributed by atoms with Crippen molar-refractivity contribution < 1.29 is 19.4 Å². The van der Waals surface area contributed by atoms with Gasteiger partial charge in [0.1, 0.15) is 5.75 Å². The van der Waals surface area contributed by atoms with E-state index in [9.17, 15) is 14.7 Å². The van der Waals surface area contributed by atoms with Gasteiger partial charge in [-0.1, -0.05) is 6.07 Å². The van der Waals surface area contributed by atoms with E-state index in [1.54, 1.807) is 13.2 Å². The van der Waals surface area contributed by atoms with Gasteiger partial charge >= 0.3 is 5.97 Å². The molecule has 1 rings (SSSR count). The molecule has 86 valence electrons. The number of ketones is 1. The summed E-state index contributed by atoms with van der Waals surface area (Å²) < 4.78 is 4.62. The third-order valence-corrected chi connectivity index (χ3v) is 2.74. The van der Waals surface area contributed by atoms with Gasteiger partial charge in [-0.15, -0.1) is 11.8 Å². The number of Topliss-reactive ketones (excluding diaryl/α,β-unsaturated/α-hetero) is 1. The van der Waals surface area contributed by atoms with Crippen molar-refractivity contribution in [2.24, 2.45) is 0 Å². The largest absolute Gasteiger partial charge is 0.507 e. The number of phenols is 1. The molecule has 0 amide bonds. The number of carbonyl (C=O) groups is 2. The normalized spacial score (nSPS) is 9.88. The van der Waals surface area contributed by atoms with Gasteiger partial charge in [-0.25, -0.2) is 4.79 Å². The SMILES string of the molecule is CCOC(=O)C(=O)c1cccc(O)c1SC. The molecule has 1 aromatic rings. The third kappa shape index (κ3) is 2.55. The van der Waals surface area contributed by atoms with Crippen molar-refractivity contribution in [2.45, 2.75) is 11.8 Å². The van der Waals surface area contributed by atoms with E-state index in [0.29, 0.717) is 4.90 Å². The first-order valence-corrected chi connectivity index (χ1v) is 5.91. The summed E-state index contributed by atoms with van der Waals surface area (Å²) in [7, 11) is 0. The van der Waals surface area contributed by atoms with E-state index in [1.807, 2.05) is 0 Å². The van der Waals surface area contributed by atoms with Gasteiger partial charge in [-0.3, -0.25) is 4.79 Å². The van der Waals surface area contributed by atoms with E-state index >= 15 is 0 Å². The zero-order valence-electron chi connectivity index (χ0n) is 9.02. The lowest BCUT2D eigenvalue weighted by molar-refractivity contribution is -0.137. The van der Waals surface area contributed by atoms with Gasteiger partial charge in [0.2, 0.25) is 0 Å². The predicted molar refractivity (Wildman–Crippen MR) is 60.9 cm³/mol. The Kier molecular flexibility index (Phi) is 4.37. The minimum Gasteiger partial charge on any atom is -0.507 e. The molecule has 0 aromatic heterocycles. The second kappa shape index (κ2) is 5.55. The van der Waals surface area contributed by atoms with E-state index in [1.165, 1.54) is 30.0 Å². The van der Waals surface area contributed by atoms with Crippen LogP contribution < -0.4 is 0 Å². The summed E-state index contributed by atoms with van der Waals surface area (Å²) in [5.41, 5.74) is 0.172. The van der Waals surface area contributed by atoms with Crippen molar-refractivity contribution in [1.82, 2.24) is 0 Å². The highest BCUT2D eigenvalue weighted by molar-refractivity contribution is 7.98. The highest BCUT2D eigenvalue weighted by Gasteiger charge is 2.21. The second-order valence-electron chi connectivity index (χ2n) is 2.91. The highest BCUT2D eigenvalue weighted by Crippen LogP contribution is 2.30. The molecule has 0 unspecified atom stereocenters. The summed E-state index contributed by atoms with van der Waals surface area (Å²) in [6.45, 7) is 1.78.